The van der Waals surface area contributed by atoms with Crippen molar-refractivity contribution < 1.29 is 19.1 Å². The first kappa shape index (κ1) is 19.7. The van der Waals surface area contributed by atoms with Gasteiger partial charge in [-0.25, -0.2) is 0 Å². The van der Waals surface area contributed by atoms with Gasteiger partial charge in [-0.05, 0) is 62.1 Å². The predicted octanol–water partition coefficient (Wildman–Crippen LogP) is 3.53. The van der Waals surface area contributed by atoms with Crippen LogP contribution in [-0.4, -0.2) is 42.8 Å². The van der Waals surface area contributed by atoms with Gasteiger partial charge in [0.25, 0.3) is 11.8 Å². The molecule has 1 saturated heterocycles. The van der Waals surface area contributed by atoms with E-state index in [1.165, 1.54) is 0 Å². The molecule has 5 rings (SSSR count). The lowest BCUT2D eigenvalue weighted by molar-refractivity contribution is 0.0656. The molecule has 3 aliphatic heterocycles. The number of ether oxygens (including phenoxy) is 2. The summed E-state index contributed by atoms with van der Waals surface area (Å²) >= 11 is 0. The van der Waals surface area contributed by atoms with E-state index in [0.717, 1.165) is 55.8 Å². The van der Waals surface area contributed by atoms with E-state index in [4.69, 9.17) is 9.47 Å². The van der Waals surface area contributed by atoms with Crippen molar-refractivity contribution in [3.05, 3.63) is 53.1 Å². The predicted molar refractivity (Wildman–Crippen MR) is 116 cm³/mol. The second-order valence-electron chi connectivity index (χ2n) is 8.22. The lowest BCUT2D eigenvalue weighted by Gasteiger charge is -2.44. The highest BCUT2D eigenvalue weighted by atomic mass is 16.7. The van der Waals surface area contributed by atoms with Crippen molar-refractivity contribution >= 4 is 17.5 Å². The van der Waals surface area contributed by atoms with Crippen LogP contribution in [0.3, 0.4) is 0 Å². The highest BCUT2D eigenvalue weighted by Gasteiger charge is 2.37. The Morgan fingerprint density at radius 3 is 2.84 bits per heavy atom. The fraction of sp³-hybridized carbons (Fsp3) is 0.417. The molecular weight excluding hydrogens is 394 g/mol. The van der Waals surface area contributed by atoms with Crippen molar-refractivity contribution in [2.45, 2.75) is 45.3 Å². The number of rotatable bonds is 4. The number of fused-ring (bicyclic) bond motifs is 3. The van der Waals surface area contributed by atoms with Gasteiger partial charge in [-0.3, -0.25) is 9.59 Å². The lowest BCUT2D eigenvalue weighted by atomic mass is 10.0. The Kier molecular flexibility index (Phi) is 5.18. The highest BCUT2D eigenvalue weighted by molar-refractivity contribution is 6.04. The van der Waals surface area contributed by atoms with Crippen LogP contribution in [0.15, 0.2) is 36.4 Å². The number of nitrogens with zero attached hydrogens (tertiary/aromatic N) is 2. The van der Waals surface area contributed by atoms with Crippen LogP contribution in [0.5, 0.6) is 11.5 Å². The van der Waals surface area contributed by atoms with Gasteiger partial charge in [-0.15, -0.1) is 0 Å². The minimum atomic E-state index is -0.160. The molecule has 0 aliphatic carbocycles. The van der Waals surface area contributed by atoms with E-state index < -0.39 is 0 Å². The summed E-state index contributed by atoms with van der Waals surface area (Å²) in [6.45, 7) is 4.32. The van der Waals surface area contributed by atoms with Crippen LogP contribution in [0, 0.1) is 0 Å². The summed E-state index contributed by atoms with van der Waals surface area (Å²) in [5.74, 6) is 1.35. The van der Waals surface area contributed by atoms with Gasteiger partial charge >= 0.3 is 0 Å². The number of hydrogen-bond acceptors (Lipinski definition) is 5. The molecule has 162 valence electrons. The van der Waals surface area contributed by atoms with Crippen molar-refractivity contribution in [3.63, 3.8) is 0 Å². The number of carbonyl (C=O) groups is 2. The quantitative estimate of drug-likeness (QED) is 0.818. The van der Waals surface area contributed by atoms with Crippen LogP contribution in [0.25, 0.3) is 0 Å². The fourth-order valence-corrected chi connectivity index (χ4v) is 4.77. The molecule has 2 amide bonds. The first-order chi connectivity index (χ1) is 15.2. The van der Waals surface area contributed by atoms with E-state index in [1.54, 1.807) is 12.1 Å². The maximum Gasteiger partial charge on any atom is 0.257 e. The van der Waals surface area contributed by atoms with Crippen molar-refractivity contribution in [1.82, 2.24) is 10.2 Å². The number of amides is 2. The van der Waals surface area contributed by atoms with Gasteiger partial charge in [0.15, 0.2) is 11.5 Å². The topological polar surface area (TPSA) is 71.1 Å². The summed E-state index contributed by atoms with van der Waals surface area (Å²) in [4.78, 5) is 30.3. The molecule has 3 aliphatic rings. The normalized spacial score (nSPS) is 19.5. The summed E-state index contributed by atoms with van der Waals surface area (Å²) in [5, 5.41) is 2.97. The van der Waals surface area contributed by atoms with Gasteiger partial charge in [0.1, 0.15) is 6.17 Å². The van der Waals surface area contributed by atoms with Gasteiger partial charge in [0.2, 0.25) is 6.79 Å². The molecule has 0 bridgehead atoms. The average molecular weight is 421 g/mol. The molecule has 7 nitrogen and oxygen atoms in total. The number of carbonyl (C=O) groups excluding carboxylic acids is 2. The molecule has 0 aromatic heterocycles. The number of benzene rings is 2. The van der Waals surface area contributed by atoms with Crippen molar-refractivity contribution in [1.29, 1.82) is 0 Å². The van der Waals surface area contributed by atoms with E-state index in [9.17, 15) is 9.59 Å². The van der Waals surface area contributed by atoms with E-state index in [2.05, 4.69) is 17.1 Å². The summed E-state index contributed by atoms with van der Waals surface area (Å²) in [6.07, 6.45) is 4.38. The largest absolute Gasteiger partial charge is 0.454 e. The Morgan fingerprint density at radius 2 is 1.97 bits per heavy atom. The first-order valence-electron chi connectivity index (χ1n) is 11.0. The third-order valence-corrected chi connectivity index (χ3v) is 6.37. The Morgan fingerprint density at radius 1 is 1.10 bits per heavy atom. The lowest BCUT2D eigenvalue weighted by Crippen LogP contribution is -2.55. The molecule has 3 heterocycles. The monoisotopic (exact) mass is 421 g/mol. The summed E-state index contributed by atoms with van der Waals surface area (Å²) in [6, 6.07) is 11.1. The second-order valence-corrected chi connectivity index (χ2v) is 8.22. The second kappa shape index (κ2) is 8.13. The molecule has 1 fully saturated rings. The molecule has 1 unspecified atom stereocenters. The van der Waals surface area contributed by atoms with Crippen molar-refractivity contribution in [3.8, 4) is 11.5 Å². The van der Waals surface area contributed by atoms with Gasteiger partial charge < -0.3 is 24.6 Å². The molecule has 2 aromatic carbocycles. The third kappa shape index (κ3) is 3.58. The zero-order chi connectivity index (χ0) is 21.4. The van der Waals surface area contributed by atoms with Crippen LogP contribution in [0.1, 0.15) is 58.9 Å². The van der Waals surface area contributed by atoms with Crippen molar-refractivity contribution in [2.75, 3.05) is 24.8 Å². The van der Waals surface area contributed by atoms with Gasteiger partial charge in [-0.1, -0.05) is 12.5 Å². The first-order valence-corrected chi connectivity index (χ1v) is 11.0. The molecule has 0 spiro atoms. The molecule has 0 radical (unpaired) electrons. The van der Waals surface area contributed by atoms with Crippen LogP contribution < -0.4 is 19.7 Å². The minimum absolute atomic E-state index is 0.0823. The number of anilines is 1. The van der Waals surface area contributed by atoms with Crippen LogP contribution in [0.4, 0.5) is 5.69 Å². The maximum absolute atomic E-state index is 13.1. The summed E-state index contributed by atoms with van der Waals surface area (Å²) < 4.78 is 10.7. The molecule has 2 aromatic rings. The van der Waals surface area contributed by atoms with Crippen molar-refractivity contribution in [2.24, 2.45) is 0 Å². The molecule has 7 heteroatoms. The van der Waals surface area contributed by atoms with Gasteiger partial charge in [0, 0.05) is 25.2 Å². The number of hydrogen-bond donors (Lipinski definition) is 1. The maximum atomic E-state index is 13.1. The third-order valence-electron chi connectivity index (χ3n) is 6.37. The van der Waals surface area contributed by atoms with Crippen LogP contribution in [0.2, 0.25) is 0 Å². The molecule has 31 heavy (non-hydrogen) atoms. The van der Waals surface area contributed by atoms with Crippen LogP contribution >= 0.6 is 0 Å². The standard InChI is InChI=1S/C24H27N3O4/c1-2-26-19-13-17(8-9-18(19)24(29)27-11-5-3-4-6-22(26)27)23(28)25-14-16-7-10-20-21(12-16)31-15-30-20/h7-10,12-13,22H,2-6,11,14-15H2,1H3,(H,25,28). The zero-order valence-electron chi connectivity index (χ0n) is 17.7. The highest BCUT2D eigenvalue weighted by Crippen LogP contribution is 2.35. The summed E-state index contributed by atoms with van der Waals surface area (Å²) in [5.41, 5.74) is 3.06. The van der Waals surface area contributed by atoms with E-state index in [0.29, 0.717) is 23.4 Å². The minimum Gasteiger partial charge on any atom is -0.454 e. The van der Waals surface area contributed by atoms with Crippen LogP contribution in [-0.2, 0) is 6.54 Å². The van der Waals surface area contributed by atoms with Gasteiger partial charge in [0.05, 0.1) is 11.3 Å². The number of nitrogens with one attached hydrogen (secondary N) is 1. The Balaban J connectivity index is 1.36. The SMILES string of the molecule is CCN1c2cc(C(=O)NCc3ccc4c(c3)OCO4)ccc2C(=O)N2CCCCCC21. The summed E-state index contributed by atoms with van der Waals surface area (Å²) in [7, 11) is 0. The average Bonchev–Trinajstić information content (AvgIpc) is 3.13. The van der Waals surface area contributed by atoms with Gasteiger partial charge in [-0.2, -0.15) is 0 Å². The molecule has 0 saturated carbocycles. The van der Waals surface area contributed by atoms with E-state index >= 15 is 0 Å². The Hall–Kier alpha value is -3.22. The fourth-order valence-electron chi connectivity index (χ4n) is 4.77. The molecule has 1 atom stereocenters. The molecular formula is C24H27N3O4. The Labute approximate surface area is 181 Å². The smallest absolute Gasteiger partial charge is 0.257 e. The zero-order valence-corrected chi connectivity index (χ0v) is 17.7. The molecule has 1 N–H and O–H groups in total. The van der Waals surface area contributed by atoms with E-state index in [-0.39, 0.29) is 24.8 Å². The Bertz CT molecular complexity index is 1020. The van der Waals surface area contributed by atoms with E-state index in [1.807, 2.05) is 29.2 Å².